The van der Waals surface area contributed by atoms with Gasteiger partial charge in [-0.1, -0.05) is 12.1 Å². The van der Waals surface area contributed by atoms with E-state index >= 15 is 0 Å². The molecule has 138 valence electrons. The molecule has 26 heavy (non-hydrogen) atoms. The number of piperidine rings is 1. The summed E-state index contributed by atoms with van der Waals surface area (Å²) in [5, 5.41) is 2.99. The second-order valence-corrected chi connectivity index (χ2v) is 6.67. The Kier molecular flexibility index (Phi) is 5.61. The van der Waals surface area contributed by atoms with Crippen LogP contribution in [-0.4, -0.2) is 42.5 Å². The lowest BCUT2D eigenvalue weighted by Crippen LogP contribution is -2.47. The fourth-order valence-corrected chi connectivity index (χ4v) is 3.06. The minimum absolute atomic E-state index is 0.00413. The van der Waals surface area contributed by atoms with Crippen molar-refractivity contribution in [1.82, 2.24) is 10.2 Å². The molecule has 2 amide bonds. The van der Waals surface area contributed by atoms with E-state index in [1.165, 1.54) is 6.26 Å². The van der Waals surface area contributed by atoms with Gasteiger partial charge in [-0.25, -0.2) is 0 Å². The molecule has 0 saturated carbocycles. The van der Waals surface area contributed by atoms with Crippen LogP contribution in [0.1, 0.15) is 34.5 Å². The van der Waals surface area contributed by atoms with Crippen LogP contribution < -0.4 is 10.1 Å². The molecule has 2 aromatic rings. The molecule has 0 spiro atoms. The van der Waals surface area contributed by atoms with E-state index in [0.29, 0.717) is 18.8 Å². The van der Waals surface area contributed by atoms with Crippen LogP contribution in [0.5, 0.6) is 5.75 Å². The quantitative estimate of drug-likeness (QED) is 0.894. The second-order valence-electron chi connectivity index (χ2n) is 6.67. The minimum atomic E-state index is -0.137. The molecule has 1 fully saturated rings. The smallest absolute Gasteiger partial charge is 0.289 e. The molecule has 0 radical (unpaired) electrons. The number of carbonyl (C=O) groups excluding carboxylic acids is 2. The molecular formula is C20H24N2O4. The van der Waals surface area contributed by atoms with Gasteiger partial charge in [0.25, 0.3) is 11.8 Å². The standard InChI is InChI=1S/C20H24N2O4/c1-14-5-6-15(2)18(12-14)26-13-19(23)21-16-7-9-22(10-8-16)20(24)17-4-3-11-25-17/h3-6,11-12,16H,7-10,13H2,1-2H3,(H,21,23). The zero-order valence-corrected chi connectivity index (χ0v) is 15.2. The number of nitrogens with zero attached hydrogens (tertiary/aromatic N) is 1. The van der Waals surface area contributed by atoms with E-state index in [0.717, 1.165) is 29.7 Å². The number of furan rings is 1. The van der Waals surface area contributed by atoms with Gasteiger partial charge in [-0.2, -0.15) is 0 Å². The Morgan fingerprint density at radius 2 is 2.00 bits per heavy atom. The zero-order valence-electron chi connectivity index (χ0n) is 15.2. The van der Waals surface area contributed by atoms with Gasteiger partial charge in [0.05, 0.1) is 6.26 Å². The van der Waals surface area contributed by atoms with Crippen molar-refractivity contribution >= 4 is 11.8 Å². The van der Waals surface area contributed by atoms with Crippen LogP contribution >= 0.6 is 0 Å². The number of hydrogen-bond acceptors (Lipinski definition) is 4. The van der Waals surface area contributed by atoms with Crippen molar-refractivity contribution in [2.45, 2.75) is 32.7 Å². The van der Waals surface area contributed by atoms with Crippen LogP contribution in [0, 0.1) is 13.8 Å². The van der Waals surface area contributed by atoms with Gasteiger partial charge in [0.15, 0.2) is 12.4 Å². The summed E-state index contributed by atoms with van der Waals surface area (Å²) < 4.78 is 10.8. The maximum atomic E-state index is 12.2. The third-order valence-corrected chi connectivity index (χ3v) is 4.58. The van der Waals surface area contributed by atoms with Crippen LogP contribution in [0.2, 0.25) is 0 Å². The normalized spacial score (nSPS) is 14.9. The maximum Gasteiger partial charge on any atom is 0.289 e. The third kappa shape index (κ3) is 4.45. The SMILES string of the molecule is Cc1ccc(C)c(OCC(=O)NC2CCN(C(=O)c3ccco3)CC2)c1. The Balaban J connectivity index is 1.43. The molecule has 0 bridgehead atoms. The largest absolute Gasteiger partial charge is 0.483 e. The van der Waals surface area contributed by atoms with Gasteiger partial charge >= 0.3 is 0 Å². The Hall–Kier alpha value is -2.76. The summed E-state index contributed by atoms with van der Waals surface area (Å²) in [4.78, 5) is 26.1. The summed E-state index contributed by atoms with van der Waals surface area (Å²) in [6, 6.07) is 9.36. The number of amides is 2. The van der Waals surface area contributed by atoms with Gasteiger partial charge in [0, 0.05) is 19.1 Å². The molecule has 3 rings (SSSR count). The van der Waals surface area contributed by atoms with E-state index in [1.54, 1.807) is 17.0 Å². The fraction of sp³-hybridized carbons (Fsp3) is 0.400. The Labute approximate surface area is 153 Å². The molecule has 6 nitrogen and oxygen atoms in total. The Bertz CT molecular complexity index is 762. The summed E-state index contributed by atoms with van der Waals surface area (Å²) in [5.41, 5.74) is 2.10. The average molecular weight is 356 g/mol. The predicted molar refractivity (Wildman–Crippen MR) is 97.2 cm³/mol. The van der Waals surface area contributed by atoms with Gasteiger partial charge < -0.3 is 19.4 Å². The molecule has 1 saturated heterocycles. The lowest BCUT2D eigenvalue weighted by atomic mass is 10.0. The topological polar surface area (TPSA) is 71.8 Å². The van der Waals surface area contributed by atoms with Crippen LogP contribution in [0.4, 0.5) is 0 Å². The third-order valence-electron chi connectivity index (χ3n) is 4.58. The summed E-state index contributed by atoms with van der Waals surface area (Å²) in [6.07, 6.45) is 2.94. The molecule has 1 aliphatic heterocycles. The zero-order chi connectivity index (χ0) is 18.5. The van der Waals surface area contributed by atoms with Gasteiger partial charge in [-0.05, 0) is 56.0 Å². The predicted octanol–water partition coefficient (Wildman–Crippen LogP) is 2.70. The first kappa shape index (κ1) is 18.0. The highest BCUT2D eigenvalue weighted by atomic mass is 16.5. The number of benzene rings is 1. The van der Waals surface area contributed by atoms with Crippen molar-refractivity contribution in [3.05, 3.63) is 53.5 Å². The highest BCUT2D eigenvalue weighted by Gasteiger charge is 2.25. The summed E-state index contributed by atoms with van der Waals surface area (Å²) in [7, 11) is 0. The van der Waals surface area contributed by atoms with Crippen molar-refractivity contribution in [2.75, 3.05) is 19.7 Å². The highest BCUT2D eigenvalue weighted by Crippen LogP contribution is 2.19. The lowest BCUT2D eigenvalue weighted by Gasteiger charge is -2.31. The van der Waals surface area contributed by atoms with E-state index in [4.69, 9.17) is 9.15 Å². The van der Waals surface area contributed by atoms with Crippen molar-refractivity contribution in [3.63, 3.8) is 0 Å². The number of ether oxygens (including phenoxy) is 1. The molecule has 1 N–H and O–H groups in total. The number of likely N-dealkylation sites (tertiary alicyclic amines) is 1. The number of hydrogen-bond donors (Lipinski definition) is 1. The maximum absolute atomic E-state index is 12.2. The molecule has 1 aliphatic rings. The average Bonchev–Trinajstić information content (AvgIpc) is 3.17. The summed E-state index contributed by atoms with van der Waals surface area (Å²) in [5.74, 6) is 0.855. The minimum Gasteiger partial charge on any atom is -0.483 e. The van der Waals surface area contributed by atoms with E-state index in [-0.39, 0.29) is 24.5 Å². The van der Waals surface area contributed by atoms with Crippen LogP contribution in [0.25, 0.3) is 0 Å². The summed E-state index contributed by atoms with van der Waals surface area (Å²) in [6.45, 7) is 5.14. The molecule has 1 aromatic heterocycles. The second kappa shape index (κ2) is 8.08. The first-order chi connectivity index (χ1) is 12.5. The number of rotatable bonds is 5. The number of aryl methyl sites for hydroxylation is 2. The monoisotopic (exact) mass is 356 g/mol. The van der Waals surface area contributed by atoms with E-state index in [1.807, 2.05) is 32.0 Å². The van der Waals surface area contributed by atoms with Crippen LogP contribution in [-0.2, 0) is 4.79 Å². The van der Waals surface area contributed by atoms with Crippen molar-refractivity contribution in [2.24, 2.45) is 0 Å². The Morgan fingerprint density at radius 1 is 1.23 bits per heavy atom. The van der Waals surface area contributed by atoms with Crippen LogP contribution in [0.3, 0.4) is 0 Å². The molecule has 0 unspecified atom stereocenters. The number of nitrogens with one attached hydrogen (secondary N) is 1. The fourth-order valence-electron chi connectivity index (χ4n) is 3.06. The van der Waals surface area contributed by atoms with Crippen molar-refractivity contribution in [3.8, 4) is 5.75 Å². The van der Waals surface area contributed by atoms with E-state index in [2.05, 4.69) is 5.32 Å². The van der Waals surface area contributed by atoms with Gasteiger partial charge in [-0.15, -0.1) is 0 Å². The lowest BCUT2D eigenvalue weighted by molar-refractivity contribution is -0.124. The molecule has 0 atom stereocenters. The molecule has 0 aliphatic carbocycles. The Morgan fingerprint density at radius 3 is 2.69 bits per heavy atom. The number of carbonyl (C=O) groups is 2. The van der Waals surface area contributed by atoms with Gasteiger partial charge in [-0.3, -0.25) is 9.59 Å². The van der Waals surface area contributed by atoms with E-state index in [9.17, 15) is 9.59 Å². The first-order valence-corrected chi connectivity index (χ1v) is 8.85. The van der Waals surface area contributed by atoms with Gasteiger partial charge in [0.2, 0.25) is 0 Å². The van der Waals surface area contributed by atoms with Crippen molar-refractivity contribution < 1.29 is 18.7 Å². The molecular weight excluding hydrogens is 332 g/mol. The molecule has 6 heteroatoms. The first-order valence-electron chi connectivity index (χ1n) is 8.85. The summed E-state index contributed by atoms with van der Waals surface area (Å²) >= 11 is 0. The molecule has 1 aromatic carbocycles. The van der Waals surface area contributed by atoms with Crippen LogP contribution in [0.15, 0.2) is 41.0 Å². The molecule has 2 heterocycles. The van der Waals surface area contributed by atoms with Crippen molar-refractivity contribution in [1.29, 1.82) is 0 Å². The van der Waals surface area contributed by atoms with E-state index < -0.39 is 0 Å². The van der Waals surface area contributed by atoms with Gasteiger partial charge in [0.1, 0.15) is 5.75 Å². The highest BCUT2D eigenvalue weighted by molar-refractivity contribution is 5.91.